The van der Waals surface area contributed by atoms with E-state index in [0.717, 1.165) is 12.1 Å². The Morgan fingerprint density at radius 2 is 2.36 bits per heavy atom. The van der Waals surface area contributed by atoms with E-state index in [9.17, 15) is 5.11 Å². The number of benzene rings is 1. The van der Waals surface area contributed by atoms with Crippen LogP contribution >= 0.6 is 0 Å². The van der Waals surface area contributed by atoms with Crippen LogP contribution in [-0.2, 0) is 6.54 Å². The number of aromatic hydroxyl groups is 1. The Hall–Kier alpha value is -1.02. The van der Waals surface area contributed by atoms with E-state index in [1.807, 2.05) is 6.07 Å². The minimum Gasteiger partial charge on any atom is -0.508 e. The van der Waals surface area contributed by atoms with Crippen molar-refractivity contribution in [2.45, 2.75) is 19.5 Å². The van der Waals surface area contributed by atoms with E-state index in [1.54, 1.807) is 6.07 Å². The van der Waals surface area contributed by atoms with Gasteiger partial charge in [-0.1, -0.05) is 12.1 Å². The molecule has 0 radical (unpaired) electrons. The molecule has 0 aromatic heterocycles. The van der Waals surface area contributed by atoms with Crippen molar-refractivity contribution in [3.8, 4) is 5.75 Å². The summed E-state index contributed by atoms with van der Waals surface area (Å²) in [6.07, 6.45) is 0. The van der Waals surface area contributed by atoms with Gasteiger partial charge in [0.25, 0.3) is 0 Å². The Balaban J connectivity index is 2.57. The summed E-state index contributed by atoms with van der Waals surface area (Å²) in [6, 6.07) is 6.06. The summed E-state index contributed by atoms with van der Waals surface area (Å²) in [5.41, 5.74) is 2.28. The molecule has 0 aliphatic carbocycles. The molecule has 0 saturated carbocycles. The molecule has 0 amide bonds. The quantitative estimate of drug-likeness (QED) is 0.586. The molecule has 1 unspecified atom stereocenters. The van der Waals surface area contributed by atoms with Crippen molar-refractivity contribution >= 4 is 0 Å². The highest BCUT2D eigenvalue weighted by Gasteiger charge is 2.19. The molecule has 11 heavy (non-hydrogen) atoms. The van der Waals surface area contributed by atoms with Crippen LogP contribution in [0, 0.1) is 0 Å². The van der Waals surface area contributed by atoms with Crippen molar-refractivity contribution in [3.05, 3.63) is 29.3 Å². The molecular weight excluding hydrogens is 138 g/mol. The highest BCUT2D eigenvalue weighted by atomic mass is 16.3. The number of fused-ring (bicyclic) bond motifs is 1. The van der Waals surface area contributed by atoms with Gasteiger partial charge in [0, 0.05) is 18.2 Å². The monoisotopic (exact) mass is 149 g/mol. The number of phenolic OH excluding ortho intramolecular Hbond substituents is 1. The lowest BCUT2D eigenvalue weighted by Crippen LogP contribution is -2.06. The van der Waals surface area contributed by atoms with E-state index in [1.165, 1.54) is 5.56 Å². The fourth-order valence-corrected chi connectivity index (χ4v) is 1.56. The van der Waals surface area contributed by atoms with Gasteiger partial charge in [0.1, 0.15) is 5.75 Å². The van der Waals surface area contributed by atoms with E-state index in [2.05, 4.69) is 18.3 Å². The van der Waals surface area contributed by atoms with Crippen LogP contribution in [0.2, 0.25) is 0 Å². The molecule has 1 aliphatic rings. The highest BCUT2D eigenvalue weighted by molar-refractivity contribution is 5.43. The maximum absolute atomic E-state index is 9.41. The number of hydrogen-bond donors (Lipinski definition) is 2. The van der Waals surface area contributed by atoms with Crippen molar-refractivity contribution in [2.24, 2.45) is 0 Å². The Morgan fingerprint density at radius 3 is 3.09 bits per heavy atom. The van der Waals surface area contributed by atoms with Crippen LogP contribution in [0.1, 0.15) is 24.1 Å². The Morgan fingerprint density at radius 1 is 1.55 bits per heavy atom. The predicted molar refractivity (Wildman–Crippen MR) is 43.4 cm³/mol. The van der Waals surface area contributed by atoms with Gasteiger partial charge in [-0.15, -0.1) is 0 Å². The minimum absolute atomic E-state index is 0.386. The predicted octanol–water partition coefficient (Wildman–Crippen LogP) is 1.56. The Kier molecular flexibility index (Phi) is 1.36. The normalized spacial score (nSPS) is 21.7. The van der Waals surface area contributed by atoms with Gasteiger partial charge >= 0.3 is 0 Å². The maximum Gasteiger partial charge on any atom is 0.120 e. The van der Waals surface area contributed by atoms with E-state index in [4.69, 9.17) is 0 Å². The third kappa shape index (κ3) is 0.906. The second-order valence-corrected chi connectivity index (χ2v) is 2.95. The van der Waals surface area contributed by atoms with Gasteiger partial charge < -0.3 is 10.4 Å². The SMILES string of the molecule is CC1NCc2c(O)cccc21. The second kappa shape index (κ2) is 2.24. The van der Waals surface area contributed by atoms with Crippen molar-refractivity contribution in [1.82, 2.24) is 5.32 Å². The lowest BCUT2D eigenvalue weighted by molar-refractivity contribution is 0.468. The molecule has 1 atom stereocenters. The molecule has 2 nitrogen and oxygen atoms in total. The van der Waals surface area contributed by atoms with Crippen molar-refractivity contribution in [3.63, 3.8) is 0 Å². The third-order valence-corrected chi connectivity index (χ3v) is 2.24. The van der Waals surface area contributed by atoms with Crippen LogP contribution in [0.4, 0.5) is 0 Å². The lowest BCUT2D eigenvalue weighted by atomic mass is 10.1. The first-order valence-corrected chi connectivity index (χ1v) is 3.83. The van der Waals surface area contributed by atoms with E-state index >= 15 is 0 Å². The molecular formula is C9H11NO. The van der Waals surface area contributed by atoms with Gasteiger partial charge in [0.05, 0.1) is 0 Å². The summed E-state index contributed by atoms with van der Waals surface area (Å²) in [5, 5.41) is 12.7. The topological polar surface area (TPSA) is 32.3 Å². The summed E-state index contributed by atoms with van der Waals surface area (Å²) < 4.78 is 0. The molecule has 0 fully saturated rings. The zero-order valence-electron chi connectivity index (χ0n) is 6.46. The van der Waals surface area contributed by atoms with Crippen LogP contribution in [-0.4, -0.2) is 5.11 Å². The van der Waals surface area contributed by atoms with Gasteiger partial charge in [-0.05, 0) is 18.6 Å². The number of nitrogens with one attached hydrogen (secondary N) is 1. The molecule has 2 heteroatoms. The van der Waals surface area contributed by atoms with Gasteiger partial charge in [-0.2, -0.15) is 0 Å². The Labute approximate surface area is 65.9 Å². The molecule has 0 bridgehead atoms. The molecule has 0 spiro atoms. The van der Waals surface area contributed by atoms with Crippen LogP contribution in [0.5, 0.6) is 5.75 Å². The zero-order valence-corrected chi connectivity index (χ0v) is 6.46. The number of rotatable bonds is 0. The van der Waals surface area contributed by atoms with E-state index in [-0.39, 0.29) is 0 Å². The fourth-order valence-electron chi connectivity index (χ4n) is 1.56. The lowest BCUT2D eigenvalue weighted by Gasteiger charge is -2.03. The van der Waals surface area contributed by atoms with E-state index in [0.29, 0.717) is 11.8 Å². The maximum atomic E-state index is 9.41. The molecule has 2 rings (SSSR count). The minimum atomic E-state index is 0.386. The van der Waals surface area contributed by atoms with Gasteiger partial charge in [-0.3, -0.25) is 0 Å². The summed E-state index contributed by atoms with van der Waals surface area (Å²) in [5.74, 6) is 0.416. The second-order valence-electron chi connectivity index (χ2n) is 2.95. The van der Waals surface area contributed by atoms with E-state index < -0.39 is 0 Å². The molecule has 1 aromatic carbocycles. The summed E-state index contributed by atoms with van der Waals surface area (Å²) in [7, 11) is 0. The van der Waals surface area contributed by atoms with Crippen LogP contribution < -0.4 is 5.32 Å². The summed E-state index contributed by atoms with van der Waals surface area (Å²) >= 11 is 0. The molecule has 2 N–H and O–H groups in total. The number of phenols is 1. The smallest absolute Gasteiger partial charge is 0.120 e. The first-order chi connectivity index (χ1) is 5.29. The van der Waals surface area contributed by atoms with Gasteiger partial charge in [0.15, 0.2) is 0 Å². The first kappa shape index (κ1) is 6.68. The van der Waals surface area contributed by atoms with Gasteiger partial charge in [0.2, 0.25) is 0 Å². The standard InChI is InChI=1S/C9H11NO/c1-6-7-3-2-4-9(11)8(7)5-10-6/h2-4,6,10-11H,5H2,1H3. The molecule has 58 valence electrons. The number of hydrogen-bond acceptors (Lipinski definition) is 2. The Bertz CT molecular complexity index is 283. The van der Waals surface area contributed by atoms with Crippen LogP contribution in [0.15, 0.2) is 18.2 Å². The molecule has 1 heterocycles. The first-order valence-electron chi connectivity index (χ1n) is 3.83. The molecule has 1 aromatic rings. The third-order valence-electron chi connectivity index (χ3n) is 2.24. The fraction of sp³-hybridized carbons (Fsp3) is 0.333. The van der Waals surface area contributed by atoms with Crippen molar-refractivity contribution < 1.29 is 5.11 Å². The summed E-state index contributed by atoms with van der Waals surface area (Å²) in [4.78, 5) is 0. The highest BCUT2D eigenvalue weighted by Crippen LogP contribution is 2.30. The van der Waals surface area contributed by atoms with Gasteiger partial charge in [-0.25, -0.2) is 0 Å². The van der Waals surface area contributed by atoms with Crippen LogP contribution in [0.25, 0.3) is 0 Å². The van der Waals surface area contributed by atoms with Crippen molar-refractivity contribution in [1.29, 1.82) is 0 Å². The average Bonchev–Trinajstić information content (AvgIpc) is 2.35. The zero-order chi connectivity index (χ0) is 7.84. The average molecular weight is 149 g/mol. The molecule has 1 aliphatic heterocycles. The van der Waals surface area contributed by atoms with Crippen molar-refractivity contribution in [2.75, 3.05) is 0 Å². The largest absolute Gasteiger partial charge is 0.508 e. The summed E-state index contributed by atoms with van der Waals surface area (Å²) in [6.45, 7) is 2.90. The molecule has 0 saturated heterocycles. The van der Waals surface area contributed by atoms with Crippen LogP contribution in [0.3, 0.4) is 0 Å².